The van der Waals surface area contributed by atoms with Crippen LogP contribution < -0.4 is 4.90 Å². The van der Waals surface area contributed by atoms with Gasteiger partial charge in [-0.25, -0.2) is 4.98 Å². The third-order valence-electron chi connectivity index (χ3n) is 5.25. The van der Waals surface area contributed by atoms with Gasteiger partial charge in [-0.3, -0.25) is 4.79 Å². The lowest BCUT2D eigenvalue weighted by molar-refractivity contribution is -0.126. The number of carbonyl (C=O) groups excluding carboxylic acids is 1. The predicted molar refractivity (Wildman–Crippen MR) is 108 cm³/mol. The van der Waals surface area contributed by atoms with Crippen molar-refractivity contribution in [2.75, 3.05) is 25.5 Å². The SMILES string of the molecule is CN1CC(Cn2ccnc2-c2ccc(N(C)c3ccccc3)cc2)CC1=O. The monoisotopic (exact) mass is 360 g/mol. The van der Waals surface area contributed by atoms with E-state index >= 15 is 0 Å². The topological polar surface area (TPSA) is 41.4 Å². The largest absolute Gasteiger partial charge is 0.345 e. The lowest BCUT2D eigenvalue weighted by Crippen LogP contribution is -2.20. The number of hydrogen-bond acceptors (Lipinski definition) is 3. The fourth-order valence-electron chi connectivity index (χ4n) is 3.71. The lowest BCUT2D eigenvalue weighted by atomic mass is 10.1. The molecular formula is C22H24N4O. The van der Waals surface area contributed by atoms with Crippen molar-refractivity contribution in [3.63, 3.8) is 0 Å². The average molecular weight is 360 g/mol. The average Bonchev–Trinajstić information content (AvgIpc) is 3.28. The van der Waals surface area contributed by atoms with Gasteiger partial charge in [0.25, 0.3) is 0 Å². The first-order chi connectivity index (χ1) is 13.1. The molecule has 5 heteroatoms. The molecule has 0 aliphatic carbocycles. The van der Waals surface area contributed by atoms with Crippen LogP contribution in [0, 0.1) is 5.92 Å². The van der Waals surface area contributed by atoms with Crippen molar-refractivity contribution in [1.82, 2.24) is 14.5 Å². The molecule has 2 aromatic carbocycles. The Balaban J connectivity index is 1.52. The van der Waals surface area contributed by atoms with Gasteiger partial charge in [-0.1, -0.05) is 18.2 Å². The summed E-state index contributed by atoms with van der Waals surface area (Å²) in [5.41, 5.74) is 3.37. The Morgan fingerprint density at radius 2 is 1.78 bits per heavy atom. The molecule has 0 N–H and O–H groups in total. The van der Waals surface area contributed by atoms with Gasteiger partial charge in [0.2, 0.25) is 5.91 Å². The first-order valence-corrected chi connectivity index (χ1v) is 9.26. The number of benzene rings is 2. The van der Waals surface area contributed by atoms with Crippen molar-refractivity contribution in [2.24, 2.45) is 5.92 Å². The Kier molecular flexibility index (Phi) is 4.67. The van der Waals surface area contributed by atoms with Gasteiger partial charge in [0.05, 0.1) is 0 Å². The molecule has 1 amide bonds. The molecule has 1 fully saturated rings. The van der Waals surface area contributed by atoms with Crippen molar-refractivity contribution < 1.29 is 4.79 Å². The molecular weight excluding hydrogens is 336 g/mol. The minimum atomic E-state index is 0.231. The smallest absolute Gasteiger partial charge is 0.222 e. The maximum Gasteiger partial charge on any atom is 0.222 e. The zero-order valence-electron chi connectivity index (χ0n) is 15.7. The van der Waals surface area contributed by atoms with E-state index in [4.69, 9.17) is 0 Å². The molecule has 1 aliphatic heterocycles. The fourth-order valence-corrected chi connectivity index (χ4v) is 3.71. The Hall–Kier alpha value is -3.08. The number of rotatable bonds is 5. The first-order valence-electron chi connectivity index (χ1n) is 9.26. The molecule has 1 aromatic heterocycles. The fraction of sp³-hybridized carbons (Fsp3) is 0.273. The Labute approximate surface area is 159 Å². The van der Waals surface area contributed by atoms with Crippen LogP contribution in [0.2, 0.25) is 0 Å². The van der Waals surface area contributed by atoms with Crippen LogP contribution in [0.4, 0.5) is 11.4 Å². The highest BCUT2D eigenvalue weighted by Gasteiger charge is 2.27. The minimum absolute atomic E-state index is 0.231. The minimum Gasteiger partial charge on any atom is -0.345 e. The van der Waals surface area contributed by atoms with Gasteiger partial charge >= 0.3 is 0 Å². The van der Waals surface area contributed by atoms with Crippen molar-refractivity contribution >= 4 is 17.3 Å². The van der Waals surface area contributed by atoms with Gasteiger partial charge in [0.15, 0.2) is 0 Å². The van der Waals surface area contributed by atoms with Crippen molar-refractivity contribution in [3.05, 3.63) is 67.0 Å². The van der Waals surface area contributed by atoms with Crippen LogP contribution in [-0.2, 0) is 11.3 Å². The van der Waals surface area contributed by atoms with Crippen LogP contribution in [0.15, 0.2) is 67.0 Å². The van der Waals surface area contributed by atoms with Crippen LogP contribution in [0.3, 0.4) is 0 Å². The molecule has 4 rings (SSSR count). The van der Waals surface area contributed by atoms with Gasteiger partial charge in [-0.15, -0.1) is 0 Å². The van der Waals surface area contributed by atoms with E-state index in [9.17, 15) is 4.79 Å². The quantitative estimate of drug-likeness (QED) is 0.695. The van der Waals surface area contributed by atoms with Crippen LogP contribution in [0.1, 0.15) is 6.42 Å². The van der Waals surface area contributed by atoms with Crippen LogP contribution in [0.25, 0.3) is 11.4 Å². The summed E-state index contributed by atoms with van der Waals surface area (Å²) in [4.78, 5) is 20.3. The number of aromatic nitrogens is 2. The molecule has 138 valence electrons. The Morgan fingerprint density at radius 1 is 1.07 bits per heavy atom. The number of nitrogens with zero attached hydrogens (tertiary/aromatic N) is 4. The number of para-hydroxylation sites is 1. The third kappa shape index (κ3) is 3.58. The zero-order valence-corrected chi connectivity index (χ0v) is 15.7. The third-order valence-corrected chi connectivity index (χ3v) is 5.25. The molecule has 1 atom stereocenters. The van der Waals surface area contributed by atoms with Crippen molar-refractivity contribution in [3.8, 4) is 11.4 Å². The molecule has 3 aromatic rings. The van der Waals surface area contributed by atoms with Crippen LogP contribution in [0.5, 0.6) is 0 Å². The zero-order chi connectivity index (χ0) is 18.8. The number of anilines is 2. The maximum atomic E-state index is 11.8. The van der Waals surface area contributed by atoms with Gasteiger partial charge in [0.1, 0.15) is 5.82 Å². The molecule has 0 saturated carbocycles. The summed E-state index contributed by atoms with van der Waals surface area (Å²) < 4.78 is 2.16. The molecule has 1 saturated heterocycles. The van der Waals surface area contributed by atoms with Crippen molar-refractivity contribution in [1.29, 1.82) is 0 Å². The normalized spacial score (nSPS) is 16.7. The van der Waals surface area contributed by atoms with Gasteiger partial charge in [-0.2, -0.15) is 0 Å². The summed E-state index contributed by atoms with van der Waals surface area (Å²) in [6.07, 6.45) is 4.46. The second kappa shape index (κ2) is 7.27. The van der Waals surface area contributed by atoms with Gasteiger partial charge in [-0.05, 0) is 36.4 Å². The van der Waals surface area contributed by atoms with Crippen LogP contribution in [-0.4, -0.2) is 41.0 Å². The standard InChI is InChI=1S/C22H24N4O/c1-24-15-17(14-21(24)27)16-26-13-12-23-22(26)18-8-10-20(11-9-18)25(2)19-6-4-3-5-7-19/h3-13,17H,14-16H2,1-2H3. The second-order valence-corrected chi connectivity index (χ2v) is 7.19. The van der Waals surface area contributed by atoms with E-state index in [2.05, 4.69) is 57.9 Å². The highest BCUT2D eigenvalue weighted by Crippen LogP contribution is 2.27. The molecule has 0 bridgehead atoms. The molecule has 1 aliphatic rings. The van der Waals surface area contributed by atoms with Gasteiger partial charge < -0.3 is 14.4 Å². The second-order valence-electron chi connectivity index (χ2n) is 7.19. The van der Waals surface area contributed by atoms with E-state index in [1.807, 2.05) is 42.5 Å². The first kappa shape index (κ1) is 17.3. The molecule has 0 radical (unpaired) electrons. The van der Waals surface area contributed by atoms with E-state index in [1.54, 1.807) is 0 Å². The predicted octanol–water partition coefficient (Wildman–Crippen LogP) is 3.80. The van der Waals surface area contributed by atoms with E-state index in [-0.39, 0.29) is 5.91 Å². The van der Waals surface area contributed by atoms with Crippen molar-refractivity contribution in [2.45, 2.75) is 13.0 Å². The summed E-state index contributed by atoms with van der Waals surface area (Å²) in [5.74, 6) is 1.53. The molecule has 2 heterocycles. The number of likely N-dealkylation sites (tertiary alicyclic amines) is 1. The van der Waals surface area contributed by atoms with Gasteiger partial charge in [0, 0.05) is 68.9 Å². The van der Waals surface area contributed by atoms with E-state index in [1.165, 1.54) is 0 Å². The number of imidazole rings is 1. The molecule has 27 heavy (non-hydrogen) atoms. The maximum absolute atomic E-state index is 11.8. The van der Waals surface area contributed by atoms with E-state index < -0.39 is 0 Å². The Bertz CT molecular complexity index is 917. The molecule has 5 nitrogen and oxygen atoms in total. The number of carbonyl (C=O) groups is 1. The summed E-state index contributed by atoms with van der Waals surface area (Å²) in [7, 11) is 3.94. The molecule has 1 unspecified atom stereocenters. The summed E-state index contributed by atoms with van der Waals surface area (Å²) in [6.45, 7) is 1.63. The highest BCUT2D eigenvalue weighted by molar-refractivity contribution is 5.78. The van der Waals surface area contributed by atoms with E-state index in [0.717, 1.165) is 35.9 Å². The number of hydrogen-bond donors (Lipinski definition) is 0. The molecule has 0 spiro atoms. The lowest BCUT2D eigenvalue weighted by Gasteiger charge is -2.20. The number of amides is 1. The van der Waals surface area contributed by atoms with Crippen LogP contribution >= 0.6 is 0 Å². The summed E-state index contributed by atoms with van der Waals surface area (Å²) >= 11 is 0. The summed E-state index contributed by atoms with van der Waals surface area (Å²) in [5, 5.41) is 0. The summed E-state index contributed by atoms with van der Waals surface area (Å²) in [6, 6.07) is 18.8. The highest BCUT2D eigenvalue weighted by atomic mass is 16.2. The Morgan fingerprint density at radius 3 is 2.44 bits per heavy atom. The van der Waals surface area contributed by atoms with E-state index in [0.29, 0.717) is 12.3 Å².